The fraction of sp³-hybridized carbons (Fsp3) is 0.885. The van der Waals surface area contributed by atoms with Crippen LogP contribution >= 0.6 is 15.9 Å². The molecule has 0 saturated carbocycles. The Hall–Kier alpha value is -0.0500. The zero-order chi connectivity index (χ0) is 21.4. The molecular weight excluding hydrogens is 422 g/mol. The van der Waals surface area contributed by atoms with Crippen molar-refractivity contribution >= 4 is 21.8 Å². The maximum Gasteiger partial charge on any atom is 0.222 e. The Kier molecular flexibility index (Phi) is 24.2. The normalized spacial score (nSPS) is 11.1. The molecule has 0 fully saturated rings. The van der Waals surface area contributed by atoms with Gasteiger partial charge in [-0.2, -0.15) is 0 Å². The molecule has 0 aliphatic rings. The van der Waals surface area contributed by atoms with Crippen LogP contribution in [-0.4, -0.2) is 29.2 Å². The highest BCUT2D eigenvalue weighted by Gasteiger charge is 2.12. The van der Waals surface area contributed by atoms with Crippen LogP contribution < -0.4 is 0 Å². The monoisotopic (exact) mass is 469 g/mol. The van der Waals surface area contributed by atoms with Crippen molar-refractivity contribution in [3.05, 3.63) is 13.8 Å². The fourth-order valence-electron chi connectivity index (χ4n) is 3.73. The van der Waals surface area contributed by atoms with E-state index in [1.165, 1.54) is 77.0 Å². The standard InChI is InChI=1S/C26H48BrNO/c1-3-5-7-9-11-16-20-24-28(25-21-17-12-10-8-6-4-2)26(29)22-18-14-13-15-19-23-27/h1-2H,3-25H2. The Balaban J connectivity index is 4.03. The quantitative estimate of drug-likeness (QED) is 0.108. The van der Waals surface area contributed by atoms with E-state index in [0.717, 1.165) is 69.8 Å². The lowest BCUT2D eigenvalue weighted by Gasteiger charge is -2.23. The Morgan fingerprint density at radius 3 is 1.38 bits per heavy atom. The number of carbonyl (C=O) groups excluding carboxylic acids is 1. The van der Waals surface area contributed by atoms with Crippen LogP contribution in [0.25, 0.3) is 0 Å². The van der Waals surface area contributed by atoms with E-state index in [4.69, 9.17) is 13.8 Å². The Bertz CT molecular complexity index is 317. The first kappa shape index (κ1) is 28.9. The van der Waals surface area contributed by atoms with Gasteiger partial charge in [0, 0.05) is 24.8 Å². The van der Waals surface area contributed by atoms with Gasteiger partial charge in [0.2, 0.25) is 5.91 Å². The number of hydrogen-bond donors (Lipinski definition) is 0. The van der Waals surface area contributed by atoms with Crippen LogP contribution in [-0.2, 0) is 4.79 Å². The molecule has 170 valence electrons. The number of halogens is 1. The van der Waals surface area contributed by atoms with Gasteiger partial charge in [-0.15, -0.1) is 0 Å². The molecule has 0 aromatic heterocycles. The summed E-state index contributed by atoms with van der Waals surface area (Å²) in [5.41, 5.74) is 0. The van der Waals surface area contributed by atoms with Gasteiger partial charge in [-0.25, -0.2) is 0 Å². The summed E-state index contributed by atoms with van der Waals surface area (Å²) in [7, 11) is 0. The van der Waals surface area contributed by atoms with Crippen LogP contribution in [0.3, 0.4) is 0 Å². The average molecular weight is 471 g/mol. The summed E-state index contributed by atoms with van der Waals surface area (Å²) in [6.45, 7) is 13.0. The molecule has 29 heavy (non-hydrogen) atoms. The van der Waals surface area contributed by atoms with Crippen molar-refractivity contribution < 1.29 is 4.79 Å². The summed E-state index contributed by atoms with van der Waals surface area (Å²) < 4.78 is 0. The molecule has 0 saturated heterocycles. The summed E-state index contributed by atoms with van der Waals surface area (Å²) in [5, 5.41) is 1.10. The zero-order valence-electron chi connectivity index (χ0n) is 19.2. The Morgan fingerprint density at radius 2 is 0.931 bits per heavy atom. The third kappa shape index (κ3) is 21.0. The molecule has 0 aromatic carbocycles. The van der Waals surface area contributed by atoms with Gasteiger partial charge in [0.1, 0.15) is 0 Å². The van der Waals surface area contributed by atoms with Crippen LogP contribution in [0.5, 0.6) is 0 Å². The summed E-state index contributed by atoms with van der Waals surface area (Å²) in [4.78, 5) is 14.9. The molecule has 2 nitrogen and oxygen atoms in total. The van der Waals surface area contributed by atoms with Gasteiger partial charge in [0.15, 0.2) is 0 Å². The van der Waals surface area contributed by atoms with Crippen LogP contribution in [0, 0.1) is 13.8 Å². The molecule has 4 radical (unpaired) electrons. The summed E-state index contributed by atoms with van der Waals surface area (Å²) in [5.74, 6) is 0.386. The lowest BCUT2D eigenvalue weighted by molar-refractivity contribution is -0.131. The zero-order valence-corrected chi connectivity index (χ0v) is 20.7. The van der Waals surface area contributed by atoms with Crippen molar-refractivity contribution in [2.75, 3.05) is 18.4 Å². The number of hydrogen-bond acceptors (Lipinski definition) is 1. The second-order valence-corrected chi connectivity index (χ2v) is 9.20. The molecular formula is C26H48BrNO. The van der Waals surface area contributed by atoms with Gasteiger partial charge in [-0.05, 0) is 52.4 Å². The minimum Gasteiger partial charge on any atom is -0.343 e. The molecule has 3 heteroatoms. The van der Waals surface area contributed by atoms with E-state index >= 15 is 0 Å². The number of unbranched alkanes of at least 4 members (excludes halogenated alkanes) is 16. The first-order valence-electron chi connectivity index (χ1n) is 12.5. The maximum atomic E-state index is 12.7. The van der Waals surface area contributed by atoms with Crippen molar-refractivity contribution in [2.24, 2.45) is 0 Å². The predicted molar refractivity (Wildman–Crippen MR) is 131 cm³/mol. The molecule has 0 heterocycles. The third-order valence-electron chi connectivity index (χ3n) is 5.64. The van der Waals surface area contributed by atoms with Crippen LogP contribution in [0.15, 0.2) is 0 Å². The van der Waals surface area contributed by atoms with Crippen molar-refractivity contribution in [1.82, 2.24) is 4.90 Å². The smallest absolute Gasteiger partial charge is 0.222 e. The number of amides is 1. The number of nitrogens with zero attached hydrogens (tertiary/aromatic N) is 1. The van der Waals surface area contributed by atoms with Crippen molar-refractivity contribution in [1.29, 1.82) is 0 Å². The van der Waals surface area contributed by atoms with Crippen molar-refractivity contribution in [2.45, 2.75) is 128 Å². The van der Waals surface area contributed by atoms with Crippen LogP contribution in [0.2, 0.25) is 0 Å². The van der Waals surface area contributed by atoms with Gasteiger partial charge >= 0.3 is 0 Å². The largest absolute Gasteiger partial charge is 0.343 e. The van der Waals surface area contributed by atoms with Gasteiger partial charge in [-0.3, -0.25) is 4.79 Å². The average Bonchev–Trinajstić information content (AvgIpc) is 2.73. The van der Waals surface area contributed by atoms with E-state index in [2.05, 4.69) is 20.8 Å². The molecule has 0 spiro atoms. The van der Waals surface area contributed by atoms with E-state index in [1.807, 2.05) is 0 Å². The van der Waals surface area contributed by atoms with Crippen molar-refractivity contribution in [3.63, 3.8) is 0 Å². The van der Waals surface area contributed by atoms with Crippen molar-refractivity contribution in [3.8, 4) is 0 Å². The topological polar surface area (TPSA) is 20.3 Å². The molecule has 0 N–H and O–H groups in total. The fourth-order valence-corrected chi connectivity index (χ4v) is 4.13. The van der Waals surface area contributed by atoms with E-state index in [-0.39, 0.29) is 0 Å². The van der Waals surface area contributed by atoms with E-state index in [1.54, 1.807) is 0 Å². The highest BCUT2D eigenvalue weighted by atomic mass is 79.9. The highest BCUT2D eigenvalue weighted by Crippen LogP contribution is 2.13. The van der Waals surface area contributed by atoms with E-state index in [0.29, 0.717) is 5.91 Å². The molecule has 0 aromatic rings. The molecule has 0 aliphatic heterocycles. The highest BCUT2D eigenvalue weighted by molar-refractivity contribution is 9.09. The first-order valence-corrected chi connectivity index (χ1v) is 13.6. The SMILES string of the molecule is [CH]CCCCCCCCN(CCCCCCCC[CH])C(=O)CCCCCCCBr. The van der Waals surface area contributed by atoms with Gasteiger partial charge in [0.25, 0.3) is 0 Å². The molecule has 0 rings (SSSR count). The second-order valence-electron chi connectivity index (χ2n) is 8.41. The van der Waals surface area contributed by atoms with Gasteiger partial charge in [0.05, 0.1) is 0 Å². The minimum atomic E-state index is 0.386. The van der Waals surface area contributed by atoms with Crippen LogP contribution in [0.1, 0.15) is 128 Å². The Morgan fingerprint density at radius 1 is 0.552 bits per heavy atom. The maximum absolute atomic E-state index is 12.7. The second kappa shape index (κ2) is 24.2. The summed E-state index contributed by atoms with van der Waals surface area (Å²) in [6, 6.07) is 0. The predicted octanol–water partition coefficient (Wildman–Crippen LogP) is 8.43. The van der Waals surface area contributed by atoms with E-state index < -0.39 is 0 Å². The van der Waals surface area contributed by atoms with Gasteiger partial charge in [-0.1, -0.05) is 99.4 Å². The molecule has 0 bridgehead atoms. The number of alkyl halides is 1. The lowest BCUT2D eigenvalue weighted by atomic mass is 10.1. The minimum absolute atomic E-state index is 0.386. The first-order chi connectivity index (χ1) is 14.3. The molecule has 0 aliphatic carbocycles. The third-order valence-corrected chi connectivity index (χ3v) is 6.20. The van der Waals surface area contributed by atoms with Crippen LogP contribution in [0.4, 0.5) is 0 Å². The summed E-state index contributed by atoms with van der Waals surface area (Å²) in [6.07, 6.45) is 23.0. The van der Waals surface area contributed by atoms with Gasteiger partial charge < -0.3 is 4.90 Å². The summed E-state index contributed by atoms with van der Waals surface area (Å²) >= 11 is 3.48. The molecule has 0 atom stereocenters. The lowest BCUT2D eigenvalue weighted by Crippen LogP contribution is -2.32. The number of rotatable bonds is 23. The Labute approximate surface area is 192 Å². The molecule has 0 unspecified atom stereocenters. The molecule has 1 amide bonds. The van der Waals surface area contributed by atoms with E-state index in [9.17, 15) is 4.79 Å². The number of carbonyl (C=O) groups is 1.